The number of carbonyl (C=O) groups is 2. The van der Waals surface area contributed by atoms with Gasteiger partial charge in [-0.25, -0.2) is 4.39 Å². The van der Waals surface area contributed by atoms with E-state index in [4.69, 9.17) is 22.1 Å². The summed E-state index contributed by atoms with van der Waals surface area (Å²) in [4.78, 5) is 31.9. The number of hydrogen-bond acceptors (Lipinski definition) is 5. The van der Waals surface area contributed by atoms with E-state index in [0.717, 1.165) is 0 Å². The Kier molecular flexibility index (Phi) is 6.20. The molecule has 3 aromatic rings. The van der Waals surface area contributed by atoms with Crippen LogP contribution in [0.25, 0.3) is 0 Å². The average Bonchev–Trinajstić information content (AvgIpc) is 3.21. The lowest BCUT2D eigenvalue weighted by atomic mass is 9.98. The maximum absolute atomic E-state index is 14.6. The Morgan fingerprint density at radius 1 is 1.30 bits per heavy atom. The summed E-state index contributed by atoms with van der Waals surface area (Å²) in [5.74, 6) is -2.22. The highest BCUT2D eigenvalue weighted by molar-refractivity contribution is 6.30. The normalized spacial score (nSPS) is 15.5. The largest absolute Gasteiger partial charge is 0.504 e. The number of phenols is 1. The van der Waals surface area contributed by atoms with Gasteiger partial charge < -0.3 is 20.5 Å². The molecule has 3 N–H and O–H groups in total. The van der Waals surface area contributed by atoms with Crippen molar-refractivity contribution in [2.24, 2.45) is 5.73 Å². The fourth-order valence-corrected chi connectivity index (χ4v) is 4.56. The van der Waals surface area contributed by atoms with Crippen molar-refractivity contribution >= 4 is 23.4 Å². The van der Waals surface area contributed by atoms with Crippen molar-refractivity contribution in [3.05, 3.63) is 88.0 Å². The molecule has 9 heteroatoms. The first kappa shape index (κ1) is 22.5. The molecule has 0 bridgehead atoms. The number of pyridine rings is 1. The van der Waals surface area contributed by atoms with Crippen LogP contribution in [0.1, 0.15) is 45.6 Å². The molecule has 0 saturated carbocycles. The molecule has 0 fully saturated rings. The Hall–Kier alpha value is -3.65. The Labute approximate surface area is 194 Å². The van der Waals surface area contributed by atoms with E-state index in [9.17, 15) is 19.1 Å². The van der Waals surface area contributed by atoms with Gasteiger partial charge in [-0.2, -0.15) is 0 Å². The molecule has 170 valence electrons. The summed E-state index contributed by atoms with van der Waals surface area (Å²) < 4.78 is 19.7. The first-order valence-corrected chi connectivity index (χ1v) is 10.6. The standard InChI is InChI=1S/C24H21ClFN3O4/c1-33-20-6-2-5-16(22(20)30)24(32)29(21(23(27)31)13-4-3-9-28-12-13)19-8-7-15-17(19)10-14(25)11-18(15)26/h2-6,9-12,19,21,30H,7-8H2,1H3,(H2,27,31)/t19-,21?/m1/s1. The summed E-state index contributed by atoms with van der Waals surface area (Å²) in [7, 11) is 1.36. The number of aromatic hydroxyl groups is 1. The quantitative estimate of drug-likeness (QED) is 0.568. The van der Waals surface area contributed by atoms with Crippen LogP contribution in [0.2, 0.25) is 5.02 Å². The SMILES string of the molecule is COc1cccc(C(=O)N(C(C(N)=O)c2cccnc2)[C@@H]2CCc3c(F)cc(Cl)cc32)c1O. The van der Waals surface area contributed by atoms with Gasteiger partial charge in [-0.3, -0.25) is 14.6 Å². The van der Waals surface area contributed by atoms with Gasteiger partial charge in [0.1, 0.15) is 11.9 Å². The number of hydrogen-bond donors (Lipinski definition) is 2. The lowest BCUT2D eigenvalue weighted by Crippen LogP contribution is -2.43. The van der Waals surface area contributed by atoms with Gasteiger partial charge in [-0.15, -0.1) is 0 Å². The molecule has 2 aromatic carbocycles. The summed E-state index contributed by atoms with van der Waals surface area (Å²) >= 11 is 6.12. The number of para-hydroxylation sites is 1. The number of carbonyl (C=O) groups excluding carboxylic acids is 2. The topological polar surface area (TPSA) is 106 Å². The summed E-state index contributed by atoms with van der Waals surface area (Å²) in [5, 5.41) is 10.8. The predicted octanol–water partition coefficient (Wildman–Crippen LogP) is 3.94. The number of primary amides is 1. The van der Waals surface area contributed by atoms with Crippen LogP contribution >= 0.6 is 11.6 Å². The number of methoxy groups -OCH3 is 1. The van der Waals surface area contributed by atoms with Crippen LogP contribution in [-0.4, -0.2) is 33.9 Å². The second-order valence-corrected chi connectivity index (χ2v) is 8.11. The number of amides is 2. The lowest BCUT2D eigenvalue weighted by molar-refractivity contribution is -0.123. The molecule has 0 radical (unpaired) electrons. The number of benzene rings is 2. The third-order valence-corrected chi connectivity index (χ3v) is 6.01. The van der Waals surface area contributed by atoms with Crippen molar-refractivity contribution in [3.8, 4) is 11.5 Å². The number of nitrogens with zero attached hydrogens (tertiary/aromatic N) is 2. The second kappa shape index (κ2) is 9.07. The van der Waals surface area contributed by atoms with Crippen LogP contribution in [0, 0.1) is 5.82 Å². The summed E-state index contributed by atoms with van der Waals surface area (Å²) in [5.41, 5.74) is 7.00. The van der Waals surface area contributed by atoms with E-state index in [1.54, 1.807) is 24.3 Å². The summed E-state index contributed by atoms with van der Waals surface area (Å²) in [6.45, 7) is 0. The van der Waals surface area contributed by atoms with Crippen molar-refractivity contribution in [1.82, 2.24) is 9.88 Å². The summed E-state index contributed by atoms with van der Waals surface area (Å²) in [6.07, 6.45) is 3.65. The van der Waals surface area contributed by atoms with Crippen molar-refractivity contribution < 1.29 is 23.8 Å². The number of fused-ring (bicyclic) bond motifs is 1. The third-order valence-electron chi connectivity index (χ3n) is 5.79. The van der Waals surface area contributed by atoms with Crippen LogP contribution in [0.5, 0.6) is 11.5 Å². The van der Waals surface area contributed by atoms with Gasteiger partial charge in [0, 0.05) is 23.0 Å². The molecule has 1 heterocycles. The number of aromatic nitrogens is 1. The van der Waals surface area contributed by atoms with E-state index < -0.39 is 29.7 Å². The Bertz CT molecular complexity index is 1220. The number of halogens is 2. The van der Waals surface area contributed by atoms with Gasteiger partial charge in [0.2, 0.25) is 5.91 Å². The monoisotopic (exact) mass is 469 g/mol. The molecule has 2 amide bonds. The maximum atomic E-state index is 14.6. The Morgan fingerprint density at radius 2 is 2.09 bits per heavy atom. The predicted molar refractivity (Wildman–Crippen MR) is 119 cm³/mol. The second-order valence-electron chi connectivity index (χ2n) is 7.67. The highest BCUT2D eigenvalue weighted by Gasteiger charge is 2.41. The van der Waals surface area contributed by atoms with Gasteiger partial charge >= 0.3 is 0 Å². The number of phenolic OH excluding ortho intramolecular Hbond substituents is 1. The molecular formula is C24H21ClFN3O4. The molecule has 1 aliphatic rings. The molecule has 33 heavy (non-hydrogen) atoms. The van der Waals surface area contributed by atoms with Gasteiger partial charge in [0.15, 0.2) is 11.5 Å². The first-order chi connectivity index (χ1) is 15.8. The zero-order valence-electron chi connectivity index (χ0n) is 17.7. The van der Waals surface area contributed by atoms with Crippen molar-refractivity contribution in [2.75, 3.05) is 7.11 Å². The minimum Gasteiger partial charge on any atom is -0.504 e. The zero-order chi connectivity index (χ0) is 23.7. The van der Waals surface area contributed by atoms with E-state index in [2.05, 4.69) is 4.98 Å². The molecule has 2 atom stereocenters. The molecule has 0 saturated heterocycles. The highest BCUT2D eigenvalue weighted by Crippen LogP contribution is 2.44. The Morgan fingerprint density at radius 3 is 2.76 bits per heavy atom. The van der Waals surface area contributed by atoms with E-state index in [-0.39, 0.29) is 22.1 Å². The molecule has 1 aliphatic carbocycles. The summed E-state index contributed by atoms with van der Waals surface area (Å²) in [6, 6.07) is 8.58. The van der Waals surface area contributed by atoms with Crippen molar-refractivity contribution in [2.45, 2.75) is 24.9 Å². The fourth-order valence-electron chi connectivity index (χ4n) is 4.35. The third kappa shape index (κ3) is 4.09. The van der Waals surface area contributed by atoms with Crippen LogP contribution in [-0.2, 0) is 11.2 Å². The Balaban J connectivity index is 1.91. The van der Waals surface area contributed by atoms with Gasteiger partial charge in [0.25, 0.3) is 5.91 Å². The van der Waals surface area contributed by atoms with E-state index in [0.29, 0.717) is 29.5 Å². The minimum absolute atomic E-state index is 0.0829. The number of ether oxygens (including phenoxy) is 1. The molecule has 1 unspecified atom stereocenters. The molecule has 1 aromatic heterocycles. The molecule has 4 rings (SSSR count). The first-order valence-electron chi connectivity index (χ1n) is 10.2. The van der Waals surface area contributed by atoms with Crippen molar-refractivity contribution in [3.63, 3.8) is 0 Å². The van der Waals surface area contributed by atoms with E-state index in [1.165, 1.54) is 42.6 Å². The fraction of sp³-hybridized carbons (Fsp3) is 0.208. The highest BCUT2D eigenvalue weighted by atomic mass is 35.5. The van der Waals surface area contributed by atoms with E-state index in [1.807, 2.05) is 0 Å². The molecule has 0 aliphatic heterocycles. The van der Waals surface area contributed by atoms with Crippen molar-refractivity contribution in [1.29, 1.82) is 0 Å². The van der Waals surface area contributed by atoms with E-state index >= 15 is 0 Å². The lowest BCUT2D eigenvalue weighted by Gasteiger charge is -2.36. The number of rotatable bonds is 6. The van der Waals surface area contributed by atoms with Crippen LogP contribution in [0.4, 0.5) is 4.39 Å². The maximum Gasteiger partial charge on any atom is 0.259 e. The van der Waals surface area contributed by atoms with Gasteiger partial charge in [0.05, 0.1) is 18.7 Å². The smallest absolute Gasteiger partial charge is 0.259 e. The van der Waals surface area contributed by atoms with Crippen LogP contribution in [0.3, 0.4) is 0 Å². The molecule has 0 spiro atoms. The molecule has 7 nitrogen and oxygen atoms in total. The van der Waals surface area contributed by atoms with Crippen LogP contribution in [0.15, 0.2) is 54.9 Å². The van der Waals surface area contributed by atoms with Crippen LogP contribution < -0.4 is 10.5 Å². The zero-order valence-corrected chi connectivity index (χ0v) is 18.4. The number of nitrogens with two attached hydrogens (primary N) is 1. The average molecular weight is 470 g/mol. The van der Waals surface area contributed by atoms with Gasteiger partial charge in [-0.1, -0.05) is 23.7 Å². The minimum atomic E-state index is -1.23. The van der Waals surface area contributed by atoms with Gasteiger partial charge in [-0.05, 0) is 54.3 Å². The molecular weight excluding hydrogens is 449 g/mol.